The summed E-state index contributed by atoms with van der Waals surface area (Å²) in [4.78, 5) is 37.4. The SMILES string of the molecule is COCCCN1C(=O)N(Cc2ccccn2)C(=O)C12CCN([C@@H]1CCc3ccccc3C1)CC2. The minimum atomic E-state index is -0.747. The lowest BCUT2D eigenvalue weighted by Gasteiger charge is -2.45. The number of methoxy groups -OCH3 is 1. The van der Waals surface area contributed by atoms with E-state index < -0.39 is 5.54 Å². The first-order chi connectivity index (χ1) is 16.6. The van der Waals surface area contributed by atoms with Gasteiger partial charge in [-0.2, -0.15) is 0 Å². The van der Waals surface area contributed by atoms with E-state index in [1.165, 1.54) is 16.0 Å². The highest BCUT2D eigenvalue weighted by molar-refractivity contribution is 6.07. The monoisotopic (exact) mass is 462 g/mol. The number of benzene rings is 1. The molecule has 0 bridgehead atoms. The zero-order chi connectivity index (χ0) is 23.5. The summed E-state index contributed by atoms with van der Waals surface area (Å²) in [7, 11) is 1.67. The van der Waals surface area contributed by atoms with Gasteiger partial charge >= 0.3 is 6.03 Å². The Hall–Kier alpha value is -2.77. The standard InChI is InChI=1S/C27H34N4O3/c1-34-18-6-15-31-26(33)30(20-23-9-4-5-14-28-23)25(32)27(31)12-16-29(17-13-27)24-11-10-21-7-2-3-8-22(21)19-24/h2-5,7-9,14,24H,6,10-13,15-20H2,1H3/t24-/m1/s1. The van der Waals surface area contributed by atoms with Crippen molar-refractivity contribution in [2.24, 2.45) is 0 Å². The zero-order valence-corrected chi connectivity index (χ0v) is 20.0. The Bertz CT molecular complexity index is 1020. The van der Waals surface area contributed by atoms with Gasteiger partial charge in [-0.3, -0.25) is 19.6 Å². The molecule has 1 aromatic heterocycles. The number of rotatable bonds is 7. The molecule has 3 heterocycles. The van der Waals surface area contributed by atoms with Crippen LogP contribution in [0.5, 0.6) is 0 Å². The highest BCUT2D eigenvalue weighted by Gasteiger charge is 2.58. The van der Waals surface area contributed by atoms with E-state index in [0.717, 1.165) is 44.5 Å². The van der Waals surface area contributed by atoms with Crippen LogP contribution in [0.4, 0.5) is 4.79 Å². The third-order valence-electron chi connectivity index (χ3n) is 7.86. The summed E-state index contributed by atoms with van der Waals surface area (Å²) >= 11 is 0. The molecule has 34 heavy (non-hydrogen) atoms. The Morgan fingerprint density at radius 1 is 1.06 bits per heavy atom. The number of pyridine rings is 1. The van der Waals surface area contributed by atoms with Gasteiger partial charge in [0.25, 0.3) is 5.91 Å². The molecule has 1 aromatic carbocycles. The number of aromatic nitrogens is 1. The molecule has 2 aromatic rings. The third kappa shape index (κ3) is 4.23. The number of piperidine rings is 1. The number of nitrogens with zero attached hydrogens (tertiary/aromatic N) is 4. The van der Waals surface area contributed by atoms with Gasteiger partial charge in [0.2, 0.25) is 0 Å². The van der Waals surface area contributed by atoms with Gasteiger partial charge in [-0.1, -0.05) is 30.3 Å². The molecule has 2 fully saturated rings. The van der Waals surface area contributed by atoms with Crippen LogP contribution in [0, 0.1) is 0 Å². The van der Waals surface area contributed by atoms with Gasteiger partial charge < -0.3 is 9.64 Å². The predicted octanol–water partition coefficient (Wildman–Crippen LogP) is 3.27. The summed E-state index contributed by atoms with van der Waals surface area (Å²) in [5.74, 6) is -0.0609. The first kappa shape index (κ1) is 23.0. The Morgan fingerprint density at radius 2 is 1.82 bits per heavy atom. The normalized spacial score (nSPS) is 22.4. The van der Waals surface area contributed by atoms with E-state index in [4.69, 9.17) is 4.74 Å². The van der Waals surface area contributed by atoms with Crippen molar-refractivity contribution in [3.63, 3.8) is 0 Å². The number of imide groups is 1. The fourth-order valence-electron chi connectivity index (χ4n) is 5.99. The Kier molecular flexibility index (Phi) is 6.66. The van der Waals surface area contributed by atoms with Crippen LogP contribution < -0.4 is 0 Å². The van der Waals surface area contributed by atoms with E-state index >= 15 is 0 Å². The summed E-state index contributed by atoms with van der Waals surface area (Å²) in [6.07, 6.45) is 7.12. The van der Waals surface area contributed by atoms with Gasteiger partial charge in [0.15, 0.2) is 0 Å². The van der Waals surface area contributed by atoms with Crippen LogP contribution in [0.25, 0.3) is 0 Å². The molecular formula is C27H34N4O3. The van der Waals surface area contributed by atoms with Crippen molar-refractivity contribution in [2.75, 3.05) is 33.4 Å². The van der Waals surface area contributed by atoms with E-state index in [9.17, 15) is 9.59 Å². The predicted molar refractivity (Wildman–Crippen MR) is 129 cm³/mol. The first-order valence-corrected chi connectivity index (χ1v) is 12.5. The van der Waals surface area contributed by atoms with E-state index in [1.807, 2.05) is 23.1 Å². The average Bonchev–Trinajstić information content (AvgIpc) is 3.06. The molecule has 5 rings (SSSR count). The van der Waals surface area contributed by atoms with E-state index in [0.29, 0.717) is 32.0 Å². The first-order valence-electron chi connectivity index (χ1n) is 12.5. The third-order valence-corrected chi connectivity index (χ3v) is 7.86. The molecule has 3 aliphatic rings. The fraction of sp³-hybridized carbons (Fsp3) is 0.519. The van der Waals surface area contributed by atoms with Gasteiger partial charge in [-0.05, 0) is 61.8 Å². The molecule has 0 unspecified atom stereocenters. The Morgan fingerprint density at radius 3 is 2.56 bits per heavy atom. The molecule has 2 aliphatic heterocycles. The quantitative estimate of drug-likeness (QED) is 0.467. The van der Waals surface area contributed by atoms with Gasteiger partial charge in [0.1, 0.15) is 5.54 Å². The van der Waals surface area contributed by atoms with Crippen LogP contribution in [0.15, 0.2) is 48.7 Å². The Balaban J connectivity index is 1.32. The lowest BCUT2D eigenvalue weighted by molar-refractivity contribution is -0.136. The van der Waals surface area contributed by atoms with Gasteiger partial charge in [-0.15, -0.1) is 0 Å². The molecule has 1 atom stereocenters. The molecule has 2 saturated heterocycles. The minimum absolute atomic E-state index is 0.0609. The van der Waals surface area contributed by atoms with Crippen LogP contribution in [0.3, 0.4) is 0 Å². The number of hydrogen-bond donors (Lipinski definition) is 0. The van der Waals surface area contributed by atoms with Crippen molar-refractivity contribution in [1.82, 2.24) is 19.7 Å². The van der Waals surface area contributed by atoms with Crippen LogP contribution in [-0.4, -0.2) is 76.6 Å². The van der Waals surface area contributed by atoms with Crippen molar-refractivity contribution >= 4 is 11.9 Å². The largest absolute Gasteiger partial charge is 0.385 e. The number of hydrogen-bond acceptors (Lipinski definition) is 5. The molecule has 0 radical (unpaired) electrons. The summed E-state index contributed by atoms with van der Waals surface area (Å²) in [6.45, 7) is 3.01. The lowest BCUT2D eigenvalue weighted by Crippen LogP contribution is -2.58. The molecule has 0 N–H and O–H groups in total. The van der Waals surface area contributed by atoms with Crippen molar-refractivity contribution in [2.45, 2.75) is 56.7 Å². The maximum atomic E-state index is 13.8. The lowest BCUT2D eigenvalue weighted by atomic mass is 9.82. The van der Waals surface area contributed by atoms with Crippen LogP contribution in [0.2, 0.25) is 0 Å². The molecule has 7 heteroatoms. The van der Waals surface area contributed by atoms with E-state index in [1.54, 1.807) is 13.3 Å². The summed E-state index contributed by atoms with van der Waals surface area (Å²) in [6, 6.07) is 14.7. The smallest absolute Gasteiger partial charge is 0.328 e. The number of likely N-dealkylation sites (tertiary alicyclic amines) is 1. The topological polar surface area (TPSA) is 66.0 Å². The summed E-state index contributed by atoms with van der Waals surface area (Å²) in [5, 5.41) is 0. The summed E-state index contributed by atoms with van der Waals surface area (Å²) < 4.78 is 5.23. The second kappa shape index (κ2) is 9.84. The number of carbonyl (C=O) groups is 2. The number of carbonyl (C=O) groups excluding carboxylic acids is 2. The fourth-order valence-corrected chi connectivity index (χ4v) is 5.99. The molecular weight excluding hydrogens is 428 g/mol. The highest BCUT2D eigenvalue weighted by Crippen LogP contribution is 2.39. The number of urea groups is 1. The number of aryl methyl sites for hydroxylation is 1. The minimum Gasteiger partial charge on any atom is -0.385 e. The van der Waals surface area contributed by atoms with Gasteiger partial charge in [0, 0.05) is 45.6 Å². The van der Waals surface area contributed by atoms with E-state index in [2.05, 4.69) is 34.1 Å². The van der Waals surface area contributed by atoms with Crippen molar-refractivity contribution in [1.29, 1.82) is 0 Å². The molecule has 180 valence electrons. The number of fused-ring (bicyclic) bond motifs is 1. The molecule has 7 nitrogen and oxygen atoms in total. The average molecular weight is 463 g/mol. The van der Waals surface area contributed by atoms with Crippen molar-refractivity contribution < 1.29 is 14.3 Å². The highest BCUT2D eigenvalue weighted by atomic mass is 16.5. The van der Waals surface area contributed by atoms with Crippen LogP contribution in [0.1, 0.15) is 42.5 Å². The van der Waals surface area contributed by atoms with Crippen molar-refractivity contribution in [3.05, 3.63) is 65.5 Å². The maximum absolute atomic E-state index is 13.8. The Labute approximate surface area is 201 Å². The van der Waals surface area contributed by atoms with Gasteiger partial charge in [0.05, 0.1) is 12.2 Å². The van der Waals surface area contributed by atoms with Gasteiger partial charge in [-0.25, -0.2) is 4.79 Å². The molecule has 3 amide bonds. The van der Waals surface area contributed by atoms with Crippen LogP contribution >= 0.6 is 0 Å². The molecule has 0 saturated carbocycles. The second-order valence-electron chi connectivity index (χ2n) is 9.73. The zero-order valence-electron chi connectivity index (χ0n) is 20.0. The van der Waals surface area contributed by atoms with Crippen molar-refractivity contribution in [3.8, 4) is 0 Å². The maximum Gasteiger partial charge on any atom is 0.328 e. The van der Waals surface area contributed by atoms with E-state index in [-0.39, 0.29) is 18.5 Å². The number of ether oxygens (including phenoxy) is 1. The molecule has 1 spiro atoms. The molecule has 1 aliphatic carbocycles. The summed E-state index contributed by atoms with van der Waals surface area (Å²) in [5.41, 5.74) is 2.91. The number of amides is 3. The van der Waals surface area contributed by atoms with Crippen LogP contribution in [-0.2, 0) is 28.9 Å². The second-order valence-corrected chi connectivity index (χ2v) is 9.73.